The molecule has 0 aliphatic carbocycles. The summed E-state index contributed by atoms with van der Waals surface area (Å²) in [6, 6.07) is 3.08. The number of H-pyrrole nitrogens is 1. The van der Waals surface area contributed by atoms with Crippen molar-refractivity contribution in [1.29, 1.82) is 0 Å². The third-order valence-corrected chi connectivity index (χ3v) is 3.79. The topological polar surface area (TPSA) is 127 Å². The van der Waals surface area contributed by atoms with Gasteiger partial charge in [-0.3, -0.25) is 14.6 Å². The number of rotatable bonds is 5. The van der Waals surface area contributed by atoms with Gasteiger partial charge in [-0.15, -0.1) is 0 Å². The molecule has 1 unspecified atom stereocenters. The number of nitrogens with one attached hydrogen (secondary N) is 2. The van der Waals surface area contributed by atoms with E-state index in [-0.39, 0.29) is 23.8 Å². The monoisotopic (exact) mass is 354 g/mol. The molecule has 9 heteroatoms. The highest BCUT2D eigenvalue weighted by Gasteiger charge is 2.19. The van der Waals surface area contributed by atoms with Crippen LogP contribution in [0.3, 0.4) is 0 Å². The fourth-order valence-corrected chi connectivity index (χ4v) is 2.50. The van der Waals surface area contributed by atoms with Crippen LogP contribution >= 0.6 is 0 Å². The van der Waals surface area contributed by atoms with Gasteiger partial charge in [0.25, 0.3) is 5.56 Å². The number of carbonyl (C=O) groups excluding carboxylic acids is 1. The van der Waals surface area contributed by atoms with Gasteiger partial charge >= 0.3 is 0 Å². The molecule has 0 fully saturated rings. The molecule has 3 aromatic heterocycles. The lowest BCUT2D eigenvalue weighted by Gasteiger charge is -2.10. The second kappa shape index (κ2) is 7.26. The summed E-state index contributed by atoms with van der Waals surface area (Å²) in [6.07, 6.45) is 3.19. The Balaban J connectivity index is 1.69. The quantitative estimate of drug-likeness (QED) is 0.706. The molecular formula is C17H18N6O3. The van der Waals surface area contributed by atoms with Gasteiger partial charge in [0.2, 0.25) is 17.6 Å². The minimum Gasteiger partial charge on any atom is -0.344 e. The largest absolute Gasteiger partial charge is 0.344 e. The van der Waals surface area contributed by atoms with Gasteiger partial charge in [0.05, 0.1) is 6.42 Å². The Bertz CT molecular complexity index is 980. The average molecular weight is 354 g/mol. The number of hydrogen-bond acceptors (Lipinski definition) is 7. The van der Waals surface area contributed by atoms with E-state index in [1.54, 1.807) is 39.2 Å². The summed E-state index contributed by atoms with van der Waals surface area (Å²) >= 11 is 0. The summed E-state index contributed by atoms with van der Waals surface area (Å²) in [5.74, 6) is 0.839. The van der Waals surface area contributed by atoms with Gasteiger partial charge in [-0.2, -0.15) is 4.98 Å². The Labute approximate surface area is 148 Å². The first-order valence-corrected chi connectivity index (χ1v) is 8.04. The van der Waals surface area contributed by atoms with Crippen LogP contribution in [0.25, 0.3) is 11.4 Å². The molecule has 0 spiro atoms. The summed E-state index contributed by atoms with van der Waals surface area (Å²) in [5.41, 5.74) is 1.27. The highest BCUT2D eigenvalue weighted by molar-refractivity contribution is 5.79. The van der Waals surface area contributed by atoms with Crippen molar-refractivity contribution in [2.24, 2.45) is 0 Å². The predicted molar refractivity (Wildman–Crippen MR) is 92.1 cm³/mol. The van der Waals surface area contributed by atoms with Crippen molar-refractivity contribution in [3.8, 4) is 11.4 Å². The number of amides is 1. The summed E-state index contributed by atoms with van der Waals surface area (Å²) in [7, 11) is 0. The van der Waals surface area contributed by atoms with Crippen molar-refractivity contribution >= 4 is 5.91 Å². The lowest BCUT2D eigenvalue weighted by molar-refractivity contribution is -0.121. The van der Waals surface area contributed by atoms with E-state index in [4.69, 9.17) is 4.52 Å². The van der Waals surface area contributed by atoms with Gasteiger partial charge < -0.3 is 14.8 Å². The van der Waals surface area contributed by atoms with Crippen molar-refractivity contribution < 1.29 is 9.32 Å². The van der Waals surface area contributed by atoms with E-state index in [0.717, 1.165) is 0 Å². The zero-order valence-electron chi connectivity index (χ0n) is 14.6. The second-order valence-electron chi connectivity index (χ2n) is 5.88. The highest BCUT2D eigenvalue weighted by Crippen LogP contribution is 2.17. The first-order chi connectivity index (χ1) is 12.4. The smallest absolute Gasteiger partial charge is 0.254 e. The Morgan fingerprint density at radius 3 is 2.85 bits per heavy atom. The molecule has 0 saturated heterocycles. The van der Waals surface area contributed by atoms with E-state index >= 15 is 0 Å². The van der Waals surface area contributed by atoms with Crippen LogP contribution in [-0.2, 0) is 11.2 Å². The van der Waals surface area contributed by atoms with Crippen molar-refractivity contribution in [2.45, 2.75) is 33.2 Å². The summed E-state index contributed by atoms with van der Waals surface area (Å²) in [6.45, 7) is 5.12. The number of nitrogens with zero attached hydrogens (tertiary/aromatic N) is 4. The fraction of sp³-hybridized carbons (Fsp3) is 0.294. The lowest BCUT2D eigenvalue weighted by atomic mass is 10.1. The molecule has 3 heterocycles. The molecule has 0 aliphatic rings. The van der Waals surface area contributed by atoms with Crippen LogP contribution in [0.1, 0.15) is 35.9 Å². The number of aromatic amines is 1. The van der Waals surface area contributed by atoms with Gasteiger partial charge in [-0.05, 0) is 32.9 Å². The van der Waals surface area contributed by atoms with Gasteiger partial charge in [0.15, 0.2) is 0 Å². The minimum absolute atomic E-state index is 0.0810. The lowest BCUT2D eigenvalue weighted by Crippen LogP contribution is -2.31. The Morgan fingerprint density at radius 1 is 1.35 bits per heavy atom. The highest BCUT2D eigenvalue weighted by atomic mass is 16.5. The fourth-order valence-electron chi connectivity index (χ4n) is 2.50. The minimum atomic E-state index is -0.502. The SMILES string of the molecule is Cc1nc(C)c(CC(=O)NC(C)c2nc(-c3cccnc3)no2)c(=O)[nH]1. The molecule has 0 radical (unpaired) electrons. The zero-order chi connectivity index (χ0) is 18.7. The summed E-state index contributed by atoms with van der Waals surface area (Å²) < 4.78 is 5.21. The molecule has 2 N–H and O–H groups in total. The normalized spacial score (nSPS) is 12.0. The predicted octanol–water partition coefficient (Wildman–Crippen LogP) is 1.25. The summed E-state index contributed by atoms with van der Waals surface area (Å²) in [5, 5.41) is 6.64. The van der Waals surface area contributed by atoms with Crippen LogP contribution in [-0.4, -0.2) is 31.0 Å². The van der Waals surface area contributed by atoms with Gasteiger partial charge in [0.1, 0.15) is 11.9 Å². The zero-order valence-corrected chi connectivity index (χ0v) is 14.6. The van der Waals surface area contributed by atoms with E-state index in [9.17, 15) is 9.59 Å². The van der Waals surface area contributed by atoms with Gasteiger partial charge in [-0.25, -0.2) is 4.98 Å². The van der Waals surface area contributed by atoms with Crippen LogP contribution in [0.2, 0.25) is 0 Å². The Morgan fingerprint density at radius 2 is 2.15 bits per heavy atom. The number of pyridine rings is 1. The molecule has 1 amide bonds. The summed E-state index contributed by atoms with van der Waals surface area (Å²) in [4.78, 5) is 39.3. The maximum absolute atomic E-state index is 12.3. The molecular weight excluding hydrogens is 336 g/mol. The first-order valence-electron chi connectivity index (χ1n) is 8.04. The van der Waals surface area contributed by atoms with E-state index in [0.29, 0.717) is 28.5 Å². The first kappa shape index (κ1) is 17.5. The van der Waals surface area contributed by atoms with Crippen LogP contribution in [0, 0.1) is 13.8 Å². The molecule has 134 valence electrons. The van der Waals surface area contributed by atoms with Crippen molar-refractivity contribution in [3.05, 3.63) is 57.9 Å². The molecule has 1 atom stereocenters. The molecule has 26 heavy (non-hydrogen) atoms. The van der Waals surface area contributed by atoms with E-state index < -0.39 is 6.04 Å². The molecule has 0 saturated carbocycles. The maximum atomic E-state index is 12.3. The second-order valence-corrected chi connectivity index (χ2v) is 5.88. The van der Waals surface area contributed by atoms with Crippen molar-refractivity contribution in [1.82, 2.24) is 30.4 Å². The molecule has 9 nitrogen and oxygen atoms in total. The van der Waals surface area contributed by atoms with Crippen LogP contribution < -0.4 is 10.9 Å². The van der Waals surface area contributed by atoms with Crippen LogP contribution in [0.5, 0.6) is 0 Å². The Kier molecular flexibility index (Phi) is 4.87. The molecule has 0 aromatic carbocycles. The number of carbonyl (C=O) groups is 1. The van der Waals surface area contributed by atoms with Gasteiger partial charge in [-0.1, -0.05) is 5.16 Å². The number of aromatic nitrogens is 5. The van der Waals surface area contributed by atoms with Crippen LogP contribution in [0.4, 0.5) is 0 Å². The average Bonchev–Trinajstić information content (AvgIpc) is 3.09. The molecule has 0 bridgehead atoms. The molecule has 3 rings (SSSR count). The molecule has 3 aromatic rings. The van der Waals surface area contributed by atoms with E-state index in [1.807, 2.05) is 6.07 Å². The van der Waals surface area contributed by atoms with Crippen LogP contribution in [0.15, 0.2) is 33.8 Å². The molecule has 0 aliphatic heterocycles. The van der Waals surface area contributed by atoms with E-state index in [2.05, 4.69) is 30.4 Å². The third-order valence-electron chi connectivity index (χ3n) is 3.79. The van der Waals surface area contributed by atoms with Gasteiger partial charge in [0, 0.05) is 29.2 Å². The Hall–Kier alpha value is -3.36. The maximum Gasteiger partial charge on any atom is 0.254 e. The van der Waals surface area contributed by atoms with Crippen molar-refractivity contribution in [3.63, 3.8) is 0 Å². The van der Waals surface area contributed by atoms with Crippen molar-refractivity contribution in [2.75, 3.05) is 0 Å². The standard InChI is InChI=1S/C17H18N6O3/c1-9-13(16(25)21-11(3)19-9)7-14(24)20-10(2)17-22-15(23-26-17)12-5-4-6-18-8-12/h4-6,8,10H,7H2,1-3H3,(H,20,24)(H,19,21,25). The number of hydrogen-bond donors (Lipinski definition) is 2. The van der Waals surface area contributed by atoms with E-state index in [1.165, 1.54) is 0 Å². The third kappa shape index (κ3) is 3.82. The number of aryl methyl sites for hydroxylation is 2.